The monoisotopic (exact) mass is 507 g/mol. The predicted molar refractivity (Wildman–Crippen MR) is 142 cm³/mol. The lowest BCUT2D eigenvalue weighted by atomic mass is 9.93. The first-order chi connectivity index (χ1) is 17.8. The lowest BCUT2D eigenvalue weighted by Crippen LogP contribution is -2.50. The van der Waals surface area contributed by atoms with Crippen LogP contribution in [0.1, 0.15) is 71.4 Å². The number of hydrogen-bond donors (Lipinski definition) is 2. The fraction of sp³-hybridized carbons (Fsp3) is 0.483. The van der Waals surface area contributed by atoms with Gasteiger partial charge < -0.3 is 19.8 Å². The van der Waals surface area contributed by atoms with Crippen LogP contribution in [0.4, 0.5) is 0 Å². The molecule has 2 aromatic rings. The highest BCUT2D eigenvalue weighted by Crippen LogP contribution is 2.32. The quantitative estimate of drug-likeness (QED) is 0.555. The van der Waals surface area contributed by atoms with E-state index in [0.717, 1.165) is 30.4 Å². The minimum atomic E-state index is -0.950. The van der Waals surface area contributed by atoms with E-state index in [4.69, 9.17) is 4.74 Å². The maximum atomic E-state index is 13.7. The van der Waals surface area contributed by atoms with Gasteiger partial charge in [0.05, 0.1) is 18.2 Å². The van der Waals surface area contributed by atoms with Crippen LogP contribution in [0.25, 0.3) is 5.57 Å². The third-order valence-corrected chi connectivity index (χ3v) is 7.36. The van der Waals surface area contributed by atoms with E-state index in [0.29, 0.717) is 31.1 Å². The number of allylic oxidation sites excluding steroid dienone is 2. The Morgan fingerprint density at radius 3 is 2.78 bits per heavy atom. The fourth-order valence-electron chi connectivity index (χ4n) is 5.13. The highest BCUT2D eigenvalue weighted by molar-refractivity contribution is 5.97. The summed E-state index contributed by atoms with van der Waals surface area (Å²) in [5.41, 5.74) is 3.58. The molecule has 1 aromatic carbocycles. The Hall–Kier alpha value is -3.23. The molecular formula is C29H37N3O5. The van der Waals surface area contributed by atoms with Crippen LogP contribution < -0.4 is 4.74 Å². The van der Waals surface area contributed by atoms with Crippen LogP contribution in [0.15, 0.2) is 42.6 Å². The second-order valence-corrected chi connectivity index (χ2v) is 10.3. The number of ether oxygens (including phenoxy) is 1. The summed E-state index contributed by atoms with van der Waals surface area (Å²) in [6, 6.07) is 8.53. The molecule has 0 unspecified atom stereocenters. The van der Waals surface area contributed by atoms with E-state index < -0.39 is 5.97 Å². The number of aliphatic hydroxyl groups excluding tert-OH is 1. The summed E-state index contributed by atoms with van der Waals surface area (Å²) in [4.78, 5) is 33.7. The van der Waals surface area contributed by atoms with Crippen molar-refractivity contribution < 1.29 is 24.5 Å². The third-order valence-electron chi connectivity index (χ3n) is 7.36. The Balaban J connectivity index is 1.63. The highest BCUT2D eigenvalue weighted by Gasteiger charge is 2.34. The number of carbonyl (C=O) groups excluding carboxylic acids is 1. The Labute approximate surface area is 218 Å². The van der Waals surface area contributed by atoms with Gasteiger partial charge in [0.15, 0.2) is 0 Å². The number of nitrogens with zero attached hydrogens (tertiary/aromatic N) is 3. The molecule has 2 aliphatic rings. The molecule has 1 aliphatic heterocycles. The van der Waals surface area contributed by atoms with Crippen LogP contribution in [0.5, 0.6) is 5.88 Å². The van der Waals surface area contributed by atoms with Gasteiger partial charge in [-0.1, -0.05) is 31.2 Å². The molecule has 0 bridgehead atoms. The number of aromatic nitrogens is 1. The van der Waals surface area contributed by atoms with Crippen molar-refractivity contribution in [1.29, 1.82) is 0 Å². The zero-order chi connectivity index (χ0) is 26.5. The number of carboxylic acids is 1. The number of pyridine rings is 1. The third kappa shape index (κ3) is 6.19. The molecule has 0 saturated carbocycles. The number of amides is 1. The maximum absolute atomic E-state index is 13.7. The molecule has 8 heteroatoms. The van der Waals surface area contributed by atoms with Crippen molar-refractivity contribution in [1.82, 2.24) is 14.8 Å². The Bertz CT molecular complexity index is 1160. The zero-order valence-electron chi connectivity index (χ0n) is 21.9. The van der Waals surface area contributed by atoms with E-state index >= 15 is 0 Å². The van der Waals surface area contributed by atoms with Crippen molar-refractivity contribution >= 4 is 17.4 Å². The van der Waals surface area contributed by atoms with E-state index in [2.05, 4.69) is 11.1 Å². The summed E-state index contributed by atoms with van der Waals surface area (Å²) in [6.07, 6.45) is 8.02. The zero-order valence-corrected chi connectivity index (χ0v) is 21.9. The summed E-state index contributed by atoms with van der Waals surface area (Å²) in [5, 5.41) is 19.5. The van der Waals surface area contributed by atoms with E-state index in [1.807, 2.05) is 44.0 Å². The van der Waals surface area contributed by atoms with Crippen molar-refractivity contribution in [3.8, 4) is 5.88 Å². The van der Waals surface area contributed by atoms with Crippen LogP contribution in [0.2, 0.25) is 0 Å². The molecule has 0 radical (unpaired) electrons. The minimum Gasteiger partial charge on any atom is -0.478 e. The number of carbonyl (C=O) groups is 2. The first kappa shape index (κ1) is 26.8. The summed E-state index contributed by atoms with van der Waals surface area (Å²) in [5.74, 6) is -0.882. The lowest BCUT2D eigenvalue weighted by Gasteiger charge is -2.38. The highest BCUT2D eigenvalue weighted by atomic mass is 16.5. The standard InChI is InChI=1S/C29H37N3O5/c1-19-15-32(20(2)18-33)28(34)25-13-23(21-9-5-4-6-10-21)14-30-27(25)37-26(19)17-31(3)16-22-11-7-8-12-24(22)29(35)36/h7-9,11-14,19-20,26,33H,4-6,10,15-18H2,1-3H3,(H,35,36)/t19-,20+,26+/m0/s1. The van der Waals surface area contributed by atoms with E-state index in [-0.39, 0.29) is 36.1 Å². The van der Waals surface area contributed by atoms with Gasteiger partial charge in [-0.25, -0.2) is 9.78 Å². The van der Waals surface area contributed by atoms with Crippen molar-refractivity contribution in [2.24, 2.45) is 5.92 Å². The fourth-order valence-corrected chi connectivity index (χ4v) is 5.13. The van der Waals surface area contributed by atoms with Gasteiger partial charge in [0, 0.05) is 31.7 Å². The summed E-state index contributed by atoms with van der Waals surface area (Å²) >= 11 is 0. The van der Waals surface area contributed by atoms with Crippen molar-refractivity contribution in [3.05, 3.63) is 64.9 Å². The number of aromatic carboxylic acids is 1. The van der Waals surface area contributed by atoms with Gasteiger partial charge in [-0.2, -0.15) is 0 Å². The van der Waals surface area contributed by atoms with Crippen LogP contribution in [0.3, 0.4) is 0 Å². The lowest BCUT2D eigenvalue weighted by molar-refractivity contribution is 0.0325. The Kier molecular flexibility index (Phi) is 8.61. The van der Waals surface area contributed by atoms with Crippen LogP contribution in [-0.2, 0) is 6.54 Å². The first-order valence-corrected chi connectivity index (χ1v) is 13.1. The van der Waals surface area contributed by atoms with Gasteiger partial charge >= 0.3 is 5.97 Å². The van der Waals surface area contributed by atoms with Crippen molar-refractivity contribution in [3.63, 3.8) is 0 Å². The normalized spacial score (nSPS) is 20.9. The molecular weight excluding hydrogens is 470 g/mol. The molecule has 1 aromatic heterocycles. The molecule has 2 N–H and O–H groups in total. The maximum Gasteiger partial charge on any atom is 0.336 e. The SMILES string of the molecule is C[C@H](CO)N1C[C@H](C)[C@@H](CN(C)Cc2ccccc2C(=O)O)Oc2ncc(C3=CCCCC3)cc2C1=O. The van der Waals surface area contributed by atoms with Gasteiger partial charge in [-0.15, -0.1) is 0 Å². The largest absolute Gasteiger partial charge is 0.478 e. The van der Waals surface area contributed by atoms with Crippen LogP contribution >= 0.6 is 0 Å². The molecule has 1 amide bonds. The average Bonchev–Trinajstić information content (AvgIpc) is 2.90. The number of rotatable bonds is 8. The molecule has 3 atom stereocenters. The number of hydrogen-bond acceptors (Lipinski definition) is 6. The molecule has 2 heterocycles. The Morgan fingerprint density at radius 1 is 1.30 bits per heavy atom. The van der Waals surface area contributed by atoms with Gasteiger partial charge in [-0.05, 0) is 68.5 Å². The second-order valence-electron chi connectivity index (χ2n) is 10.3. The molecule has 37 heavy (non-hydrogen) atoms. The number of benzene rings is 1. The molecule has 8 nitrogen and oxygen atoms in total. The minimum absolute atomic E-state index is 0.0502. The molecule has 0 fully saturated rings. The van der Waals surface area contributed by atoms with Crippen LogP contribution in [-0.4, -0.2) is 75.8 Å². The summed E-state index contributed by atoms with van der Waals surface area (Å²) < 4.78 is 6.41. The summed E-state index contributed by atoms with van der Waals surface area (Å²) in [7, 11) is 1.93. The molecule has 0 spiro atoms. The van der Waals surface area contributed by atoms with Crippen molar-refractivity contribution in [2.75, 3.05) is 26.7 Å². The van der Waals surface area contributed by atoms with Gasteiger partial charge in [-0.3, -0.25) is 9.69 Å². The number of likely N-dealkylation sites (N-methyl/N-ethyl adjacent to an activating group) is 1. The van der Waals surface area contributed by atoms with E-state index in [1.54, 1.807) is 23.2 Å². The molecule has 198 valence electrons. The van der Waals surface area contributed by atoms with E-state index in [1.165, 1.54) is 12.0 Å². The molecule has 0 saturated heterocycles. The van der Waals surface area contributed by atoms with Gasteiger partial charge in [0.1, 0.15) is 11.7 Å². The number of fused-ring (bicyclic) bond motifs is 1. The number of aliphatic hydroxyl groups is 1. The number of carboxylic acid groups (broad SMARTS) is 1. The molecule has 1 aliphatic carbocycles. The van der Waals surface area contributed by atoms with Crippen LogP contribution in [0, 0.1) is 5.92 Å². The van der Waals surface area contributed by atoms with Gasteiger partial charge in [0.2, 0.25) is 5.88 Å². The van der Waals surface area contributed by atoms with Gasteiger partial charge in [0.25, 0.3) is 5.91 Å². The molecule has 4 rings (SSSR count). The predicted octanol–water partition coefficient (Wildman–Crippen LogP) is 4.09. The van der Waals surface area contributed by atoms with E-state index in [9.17, 15) is 19.8 Å². The van der Waals surface area contributed by atoms with Crippen molar-refractivity contribution in [2.45, 2.75) is 58.2 Å². The second kappa shape index (κ2) is 11.9. The smallest absolute Gasteiger partial charge is 0.336 e. The topological polar surface area (TPSA) is 103 Å². The first-order valence-electron chi connectivity index (χ1n) is 13.1. The average molecular weight is 508 g/mol. The summed E-state index contributed by atoms with van der Waals surface area (Å²) in [6.45, 7) is 5.12. The Morgan fingerprint density at radius 2 is 2.08 bits per heavy atom.